The van der Waals surface area contributed by atoms with E-state index in [0.29, 0.717) is 5.11 Å². The van der Waals surface area contributed by atoms with Crippen molar-refractivity contribution in [1.29, 1.82) is 0 Å². The molecule has 1 aliphatic heterocycles. The van der Waals surface area contributed by atoms with Crippen molar-refractivity contribution in [1.82, 2.24) is 10.2 Å². The minimum atomic E-state index is -0.378. The summed E-state index contributed by atoms with van der Waals surface area (Å²) in [5, 5.41) is 6.04. The van der Waals surface area contributed by atoms with Crippen LogP contribution in [0, 0.1) is 0 Å². The molecule has 0 bridgehead atoms. The van der Waals surface area contributed by atoms with Crippen molar-refractivity contribution in [2.24, 2.45) is 5.73 Å². The normalized spacial score (nSPS) is 20.0. The van der Waals surface area contributed by atoms with E-state index in [1.54, 1.807) is 0 Å². The number of benzene rings is 2. The first-order valence-corrected chi connectivity index (χ1v) is 8.16. The zero-order valence-corrected chi connectivity index (χ0v) is 14.0. The number of hydrogen-bond acceptors (Lipinski definition) is 2. The molecule has 118 valence electrons. The fourth-order valence-corrected chi connectivity index (χ4v) is 3.17. The molecule has 3 N–H and O–H groups in total. The maximum atomic E-state index is 5.68. The van der Waals surface area contributed by atoms with Gasteiger partial charge >= 0.3 is 0 Å². The van der Waals surface area contributed by atoms with Crippen LogP contribution in [0.4, 0.5) is 0 Å². The van der Waals surface area contributed by atoms with Gasteiger partial charge in [0.1, 0.15) is 5.66 Å². The Kier molecular flexibility index (Phi) is 4.35. The van der Waals surface area contributed by atoms with Gasteiger partial charge in [0.2, 0.25) is 0 Å². The number of hydrogen-bond donors (Lipinski definition) is 2. The molecule has 0 aromatic heterocycles. The molecule has 2 aromatic rings. The van der Waals surface area contributed by atoms with Gasteiger partial charge in [-0.25, -0.2) is 0 Å². The molecule has 23 heavy (non-hydrogen) atoms. The number of allylic oxidation sites excluding steroid dienone is 2. The zero-order chi connectivity index (χ0) is 16.3. The lowest BCUT2D eigenvalue weighted by atomic mass is 10.0. The number of nitrogens with one attached hydrogen (secondary N) is 1. The Balaban J connectivity index is 1.73. The lowest BCUT2D eigenvalue weighted by Gasteiger charge is -2.41. The smallest absolute Gasteiger partial charge is 0.165 e. The third-order valence-corrected chi connectivity index (χ3v) is 4.33. The number of rotatable bonds is 4. The molecule has 0 fully saturated rings. The molecule has 3 rings (SSSR count). The zero-order valence-electron chi connectivity index (χ0n) is 13.2. The van der Waals surface area contributed by atoms with Gasteiger partial charge in [-0.1, -0.05) is 48.5 Å². The largest absolute Gasteiger partial charge is 0.376 e. The Morgan fingerprint density at radius 2 is 1.96 bits per heavy atom. The topological polar surface area (TPSA) is 41.3 Å². The van der Waals surface area contributed by atoms with Gasteiger partial charge in [-0.15, -0.1) is 0 Å². The fraction of sp³-hybridized carbons (Fsp3) is 0.211. The summed E-state index contributed by atoms with van der Waals surface area (Å²) in [5.74, 6) is 0. The maximum Gasteiger partial charge on any atom is 0.165 e. The monoisotopic (exact) mass is 323 g/mol. The molecule has 3 nitrogen and oxygen atoms in total. The van der Waals surface area contributed by atoms with Crippen LogP contribution in [0.2, 0.25) is 0 Å². The van der Waals surface area contributed by atoms with Crippen LogP contribution in [0.1, 0.15) is 12.5 Å². The predicted octanol–water partition coefficient (Wildman–Crippen LogP) is 3.32. The van der Waals surface area contributed by atoms with Crippen molar-refractivity contribution in [3.8, 4) is 0 Å². The lowest BCUT2D eigenvalue weighted by Crippen LogP contribution is -2.57. The second kappa shape index (κ2) is 6.42. The second-order valence-electron chi connectivity index (χ2n) is 5.96. The van der Waals surface area contributed by atoms with Crippen LogP contribution in [0.3, 0.4) is 0 Å². The van der Waals surface area contributed by atoms with Gasteiger partial charge in [0.25, 0.3) is 0 Å². The van der Waals surface area contributed by atoms with Crippen molar-refractivity contribution in [2.45, 2.75) is 19.0 Å². The molecule has 0 saturated carbocycles. The minimum absolute atomic E-state index is 0.308. The SMILES string of the molecule is CC1(NC(N)=S)C=CC=CN1CCc1ccc2ccccc2c1. The second-order valence-corrected chi connectivity index (χ2v) is 6.40. The predicted molar refractivity (Wildman–Crippen MR) is 101 cm³/mol. The van der Waals surface area contributed by atoms with E-state index in [9.17, 15) is 0 Å². The number of thiocarbonyl (C=S) groups is 1. The van der Waals surface area contributed by atoms with Crippen LogP contribution in [0.15, 0.2) is 66.9 Å². The van der Waals surface area contributed by atoms with E-state index in [2.05, 4.69) is 71.9 Å². The fourth-order valence-electron chi connectivity index (χ4n) is 2.96. The van der Waals surface area contributed by atoms with Gasteiger partial charge in [-0.2, -0.15) is 0 Å². The van der Waals surface area contributed by atoms with E-state index in [1.807, 2.05) is 12.2 Å². The van der Waals surface area contributed by atoms with Gasteiger partial charge in [0, 0.05) is 12.7 Å². The number of fused-ring (bicyclic) bond motifs is 1. The van der Waals surface area contributed by atoms with E-state index in [-0.39, 0.29) is 5.66 Å². The maximum absolute atomic E-state index is 5.68. The average molecular weight is 323 g/mol. The molecule has 0 amide bonds. The summed E-state index contributed by atoms with van der Waals surface area (Å²) in [4.78, 5) is 2.22. The molecular weight excluding hydrogens is 302 g/mol. The Labute approximate surface area is 142 Å². The molecule has 1 atom stereocenters. The molecule has 1 heterocycles. The number of nitrogens with zero attached hydrogens (tertiary/aromatic N) is 1. The van der Waals surface area contributed by atoms with Gasteiger partial charge in [-0.3, -0.25) is 0 Å². The first-order valence-electron chi connectivity index (χ1n) is 7.75. The molecule has 1 aliphatic rings. The molecule has 4 heteroatoms. The Hall–Kier alpha value is -2.33. The molecule has 1 unspecified atom stereocenters. The van der Waals surface area contributed by atoms with Crippen molar-refractivity contribution in [2.75, 3.05) is 6.54 Å². The highest BCUT2D eigenvalue weighted by Crippen LogP contribution is 2.20. The van der Waals surface area contributed by atoms with Gasteiger partial charge in [-0.05, 0) is 54.1 Å². The highest BCUT2D eigenvalue weighted by atomic mass is 32.1. The lowest BCUT2D eigenvalue weighted by molar-refractivity contribution is 0.198. The molecular formula is C19H21N3S. The molecule has 0 spiro atoms. The highest BCUT2D eigenvalue weighted by Gasteiger charge is 2.28. The summed E-state index contributed by atoms with van der Waals surface area (Å²) >= 11 is 5.01. The third kappa shape index (κ3) is 3.54. The van der Waals surface area contributed by atoms with E-state index in [4.69, 9.17) is 18.0 Å². The quantitative estimate of drug-likeness (QED) is 0.847. The summed E-state index contributed by atoms with van der Waals surface area (Å²) in [7, 11) is 0. The number of nitrogens with two attached hydrogens (primary N) is 1. The van der Waals surface area contributed by atoms with Crippen molar-refractivity contribution < 1.29 is 0 Å². The summed E-state index contributed by atoms with van der Waals surface area (Å²) in [5.41, 5.74) is 6.62. The van der Waals surface area contributed by atoms with Crippen molar-refractivity contribution >= 4 is 28.1 Å². The summed E-state index contributed by atoms with van der Waals surface area (Å²) in [6.07, 6.45) is 9.15. The third-order valence-electron chi connectivity index (χ3n) is 4.23. The van der Waals surface area contributed by atoms with Crippen LogP contribution >= 0.6 is 12.2 Å². The van der Waals surface area contributed by atoms with E-state index < -0.39 is 0 Å². The average Bonchev–Trinajstić information content (AvgIpc) is 2.53. The van der Waals surface area contributed by atoms with Crippen LogP contribution in [0.5, 0.6) is 0 Å². The van der Waals surface area contributed by atoms with Crippen LogP contribution in [-0.2, 0) is 6.42 Å². The Morgan fingerprint density at radius 1 is 1.17 bits per heavy atom. The van der Waals surface area contributed by atoms with Gasteiger partial charge in [0.15, 0.2) is 5.11 Å². The minimum Gasteiger partial charge on any atom is -0.376 e. The first kappa shape index (κ1) is 15.6. The van der Waals surface area contributed by atoms with Crippen molar-refractivity contribution in [3.63, 3.8) is 0 Å². The van der Waals surface area contributed by atoms with Gasteiger partial charge < -0.3 is 16.0 Å². The highest BCUT2D eigenvalue weighted by molar-refractivity contribution is 7.80. The Bertz CT molecular complexity index is 781. The molecule has 0 aliphatic carbocycles. The van der Waals surface area contributed by atoms with Gasteiger partial charge in [0.05, 0.1) is 0 Å². The summed E-state index contributed by atoms with van der Waals surface area (Å²) in [6, 6.07) is 15.1. The molecule has 0 saturated heterocycles. The first-order chi connectivity index (χ1) is 11.1. The van der Waals surface area contributed by atoms with E-state index >= 15 is 0 Å². The standard InChI is InChI=1S/C19H21N3S/c1-19(21-18(20)23)11-4-5-12-22(19)13-10-15-8-9-16-6-2-3-7-17(16)14-15/h2-9,11-12,14H,10,13H2,1H3,(H3,20,21,23). The molecule has 2 aromatic carbocycles. The molecule has 0 radical (unpaired) electrons. The van der Waals surface area contributed by atoms with Crippen LogP contribution in [-0.4, -0.2) is 22.2 Å². The van der Waals surface area contributed by atoms with E-state index in [0.717, 1.165) is 13.0 Å². The van der Waals surface area contributed by atoms with E-state index in [1.165, 1.54) is 16.3 Å². The Morgan fingerprint density at radius 3 is 2.74 bits per heavy atom. The van der Waals surface area contributed by atoms with Crippen LogP contribution in [0.25, 0.3) is 10.8 Å². The van der Waals surface area contributed by atoms with Crippen LogP contribution < -0.4 is 11.1 Å². The summed E-state index contributed by atoms with van der Waals surface area (Å²) < 4.78 is 0. The summed E-state index contributed by atoms with van der Waals surface area (Å²) in [6.45, 7) is 2.96. The van der Waals surface area contributed by atoms with Crippen molar-refractivity contribution in [3.05, 3.63) is 72.5 Å².